The first-order chi connectivity index (χ1) is 9.94. The number of carbonyl (C=O) groups is 2. The molecule has 8 nitrogen and oxygen atoms in total. The summed E-state index contributed by atoms with van der Waals surface area (Å²) in [6, 6.07) is 3.85. The molecule has 0 bridgehead atoms. The van der Waals surface area contributed by atoms with E-state index in [2.05, 4.69) is 20.7 Å². The summed E-state index contributed by atoms with van der Waals surface area (Å²) >= 11 is 0. The summed E-state index contributed by atoms with van der Waals surface area (Å²) in [5.41, 5.74) is 5.67. The number of amides is 2. The largest absolute Gasteiger partial charge is 0.367 e. The highest BCUT2D eigenvalue weighted by Gasteiger charge is 2.09. The van der Waals surface area contributed by atoms with E-state index in [0.29, 0.717) is 5.69 Å². The van der Waals surface area contributed by atoms with Gasteiger partial charge < -0.3 is 16.4 Å². The van der Waals surface area contributed by atoms with Crippen LogP contribution in [-0.2, 0) is 16.1 Å². The summed E-state index contributed by atoms with van der Waals surface area (Å²) in [7, 11) is 0. The van der Waals surface area contributed by atoms with Gasteiger partial charge in [0.2, 0.25) is 17.8 Å². The van der Waals surface area contributed by atoms with E-state index in [4.69, 9.17) is 5.73 Å². The Morgan fingerprint density at radius 1 is 1.38 bits per heavy atom. The van der Waals surface area contributed by atoms with Crippen LogP contribution in [0.5, 0.6) is 0 Å². The van der Waals surface area contributed by atoms with Crippen molar-refractivity contribution in [1.82, 2.24) is 14.8 Å². The van der Waals surface area contributed by atoms with E-state index in [1.165, 1.54) is 30.1 Å². The van der Waals surface area contributed by atoms with E-state index in [0.717, 1.165) is 6.07 Å². The fourth-order valence-electron chi connectivity index (χ4n) is 1.62. The second-order valence-corrected chi connectivity index (χ2v) is 4.22. The third kappa shape index (κ3) is 4.00. The molecule has 0 aliphatic carbocycles. The van der Waals surface area contributed by atoms with Crippen molar-refractivity contribution in [3.63, 3.8) is 0 Å². The molecule has 0 aliphatic heterocycles. The average molecular weight is 292 g/mol. The van der Waals surface area contributed by atoms with Crippen LogP contribution in [-0.4, -0.2) is 26.6 Å². The van der Waals surface area contributed by atoms with E-state index in [1.807, 2.05) is 0 Å². The Bertz CT molecular complexity index is 684. The molecule has 2 rings (SSSR count). The molecule has 0 aliphatic rings. The predicted molar refractivity (Wildman–Crippen MR) is 73.8 cm³/mol. The van der Waals surface area contributed by atoms with Gasteiger partial charge >= 0.3 is 0 Å². The quantitative estimate of drug-likeness (QED) is 0.763. The van der Waals surface area contributed by atoms with Crippen molar-refractivity contribution >= 4 is 29.1 Å². The summed E-state index contributed by atoms with van der Waals surface area (Å²) in [6.45, 7) is 1.18. The summed E-state index contributed by atoms with van der Waals surface area (Å²) in [5, 5.41) is 8.65. The molecule has 2 amide bonds. The van der Waals surface area contributed by atoms with Crippen LogP contribution in [0, 0.1) is 5.82 Å². The minimum Gasteiger partial charge on any atom is -0.367 e. The lowest BCUT2D eigenvalue weighted by Gasteiger charge is -2.08. The van der Waals surface area contributed by atoms with Crippen LogP contribution in [0.1, 0.15) is 6.92 Å². The van der Waals surface area contributed by atoms with Crippen molar-refractivity contribution in [2.45, 2.75) is 13.5 Å². The van der Waals surface area contributed by atoms with Crippen molar-refractivity contribution in [2.75, 3.05) is 16.4 Å². The number of anilines is 3. The number of nitrogens with one attached hydrogen (secondary N) is 2. The maximum Gasteiger partial charge on any atom is 0.246 e. The number of halogens is 1. The molecule has 21 heavy (non-hydrogen) atoms. The summed E-state index contributed by atoms with van der Waals surface area (Å²) in [4.78, 5) is 26.4. The van der Waals surface area contributed by atoms with Gasteiger partial charge in [0.05, 0.1) is 5.69 Å². The number of nitrogens with zero attached hydrogens (tertiary/aromatic N) is 3. The van der Waals surface area contributed by atoms with Gasteiger partial charge in [0, 0.05) is 12.6 Å². The van der Waals surface area contributed by atoms with Crippen LogP contribution in [0.25, 0.3) is 0 Å². The van der Waals surface area contributed by atoms with Crippen LogP contribution in [0.15, 0.2) is 24.5 Å². The molecule has 2 aromatic rings. The number of carbonyl (C=O) groups excluding carboxylic acids is 2. The molecule has 9 heteroatoms. The number of hydrogen-bond acceptors (Lipinski definition) is 5. The summed E-state index contributed by atoms with van der Waals surface area (Å²) in [6.07, 6.45) is 1.32. The molecule has 0 saturated heterocycles. The molecular formula is C12H13FN6O2. The zero-order valence-electron chi connectivity index (χ0n) is 11.1. The molecule has 110 valence electrons. The highest BCUT2D eigenvalue weighted by Crippen LogP contribution is 2.19. The normalized spacial score (nSPS) is 10.2. The molecular weight excluding hydrogens is 279 g/mol. The second-order valence-electron chi connectivity index (χ2n) is 4.22. The zero-order valence-corrected chi connectivity index (χ0v) is 11.1. The van der Waals surface area contributed by atoms with Gasteiger partial charge in [-0.2, -0.15) is 0 Å². The third-order valence-electron chi connectivity index (χ3n) is 2.42. The molecule has 0 saturated carbocycles. The van der Waals surface area contributed by atoms with Crippen LogP contribution in [0.2, 0.25) is 0 Å². The molecule has 0 radical (unpaired) electrons. The molecule has 1 aromatic carbocycles. The molecule has 0 atom stereocenters. The van der Waals surface area contributed by atoms with Gasteiger partial charge in [-0.3, -0.25) is 9.59 Å². The fraction of sp³-hybridized carbons (Fsp3) is 0.167. The predicted octanol–water partition coefficient (Wildman–Crippen LogP) is 0.596. The Kier molecular flexibility index (Phi) is 4.12. The number of rotatable bonds is 4. The molecule has 0 fully saturated rings. The van der Waals surface area contributed by atoms with Gasteiger partial charge in [-0.05, 0) is 18.2 Å². The lowest BCUT2D eigenvalue weighted by Crippen LogP contribution is -2.19. The number of benzene rings is 1. The Hall–Kier alpha value is -2.97. The summed E-state index contributed by atoms with van der Waals surface area (Å²) < 4.78 is 14.7. The number of nitrogens with two attached hydrogens (primary N) is 1. The first-order valence-corrected chi connectivity index (χ1v) is 5.96. The van der Waals surface area contributed by atoms with E-state index in [-0.39, 0.29) is 24.1 Å². The first-order valence-electron chi connectivity index (χ1n) is 5.96. The van der Waals surface area contributed by atoms with Crippen LogP contribution >= 0.6 is 0 Å². The van der Waals surface area contributed by atoms with Crippen molar-refractivity contribution in [1.29, 1.82) is 0 Å². The van der Waals surface area contributed by atoms with E-state index < -0.39 is 11.7 Å². The van der Waals surface area contributed by atoms with Gasteiger partial charge in [0.1, 0.15) is 18.7 Å². The number of aromatic nitrogens is 3. The van der Waals surface area contributed by atoms with Crippen molar-refractivity contribution < 1.29 is 14.0 Å². The van der Waals surface area contributed by atoms with E-state index in [9.17, 15) is 14.0 Å². The minimum atomic E-state index is -0.591. The average Bonchev–Trinajstić information content (AvgIpc) is 2.78. The smallest absolute Gasteiger partial charge is 0.246 e. The molecule has 0 spiro atoms. The SMILES string of the molecule is CC(=O)Nc1cc(NC(=O)Cn2cnc(N)n2)ccc1F. The van der Waals surface area contributed by atoms with Gasteiger partial charge in [-0.15, -0.1) is 5.10 Å². The van der Waals surface area contributed by atoms with Gasteiger partial charge in [0.25, 0.3) is 0 Å². The number of nitrogen functional groups attached to an aromatic ring is 1. The highest BCUT2D eigenvalue weighted by atomic mass is 19.1. The minimum absolute atomic E-state index is 0.00898. The fourth-order valence-corrected chi connectivity index (χ4v) is 1.62. The van der Waals surface area contributed by atoms with Crippen LogP contribution in [0.3, 0.4) is 0 Å². The zero-order chi connectivity index (χ0) is 15.4. The Balaban J connectivity index is 2.05. The Morgan fingerprint density at radius 3 is 2.76 bits per heavy atom. The number of hydrogen-bond donors (Lipinski definition) is 3. The van der Waals surface area contributed by atoms with Gasteiger partial charge in [-0.1, -0.05) is 0 Å². The second kappa shape index (κ2) is 5.99. The molecule has 4 N–H and O–H groups in total. The van der Waals surface area contributed by atoms with Crippen molar-refractivity contribution in [3.8, 4) is 0 Å². The Morgan fingerprint density at radius 2 is 2.14 bits per heavy atom. The Labute approximate surface area is 119 Å². The monoisotopic (exact) mass is 292 g/mol. The van der Waals surface area contributed by atoms with E-state index in [1.54, 1.807) is 0 Å². The third-order valence-corrected chi connectivity index (χ3v) is 2.42. The standard InChI is InChI=1S/C12H13FN6O2/c1-7(20)16-10-4-8(2-3-9(10)13)17-11(21)5-19-6-15-12(14)18-19/h2-4,6H,5H2,1H3,(H2,14,18)(H,16,20)(H,17,21). The molecule has 1 heterocycles. The van der Waals surface area contributed by atoms with Crippen molar-refractivity contribution in [2.24, 2.45) is 0 Å². The van der Waals surface area contributed by atoms with Crippen LogP contribution in [0.4, 0.5) is 21.7 Å². The van der Waals surface area contributed by atoms with Crippen molar-refractivity contribution in [3.05, 3.63) is 30.3 Å². The highest BCUT2D eigenvalue weighted by molar-refractivity contribution is 5.93. The molecule has 0 unspecified atom stereocenters. The maximum absolute atomic E-state index is 13.5. The maximum atomic E-state index is 13.5. The van der Waals surface area contributed by atoms with E-state index >= 15 is 0 Å². The summed E-state index contributed by atoms with van der Waals surface area (Å²) in [5.74, 6) is -1.32. The lowest BCUT2D eigenvalue weighted by atomic mass is 10.2. The van der Waals surface area contributed by atoms with Crippen LogP contribution < -0.4 is 16.4 Å². The topological polar surface area (TPSA) is 115 Å². The molecule has 1 aromatic heterocycles. The van der Waals surface area contributed by atoms with Gasteiger partial charge in [-0.25, -0.2) is 14.1 Å². The van der Waals surface area contributed by atoms with Gasteiger partial charge in [0.15, 0.2) is 0 Å². The lowest BCUT2D eigenvalue weighted by molar-refractivity contribution is -0.117. The first kappa shape index (κ1) is 14.4.